The third-order valence-electron chi connectivity index (χ3n) is 11.2. The van der Waals surface area contributed by atoms with Crippen LogP contribution in [0.15, 0.2) is 182 Å². The highest BCUT2D eigenvalue weighted by atomic mass is 14.9. The van der Waals surface area contributed by atoms with Crippen LogP contribution in [0.25, 0.3) is 106 Å². The average molecular weight is 687 g/mol. The fourth-order valence-corrected chi connectivity index (χ4v) is 8.68. The first kappa shape index (κ1) is 30.6. The van der Waals surface area contributed by atoms with E-state index in [-0.39, 0.29) is 0 Å². The van der Waals surface area contributed by atoms with Gasteiger partial charge in [-0.2, -0.15) is 0 Å². The molecule has 1 aliphatic heterocycles. The fourth-order valence-electron chi connectivity index (χ4n) is 8.68. The molecule has 1 N–H and O–H groups in total. The van der Waals surface area contributed by atoms with Gasteiger partial charge in [0.1, 0.15) is 0 Å². The summed E-state index contributed by atoms with van der Waals surface area (Å²) in [5.41, 5.74) is 20.5. The van der Waals surface area contributed by atoms with Gasteiger partial charge in [-0.15, -0.1) is 0 Å². The van der Waals surface area contributed by atoms with Gasteiger partial charge in [0, 0.05) is 17.5 Å². The topological polar surface area (TPSA) is 24.9 Å². The van der Waals surface area contributed by atoms with Gasteiger partial charge in [0.2, 0.25) is 0 Å². The molecule has 2 nitrogen and oxygen atoms in total. The molecule has 252 valence electrons. The zero-order valence-corrected chi connectivity index (χ0v) is 29.6. The molecule has 0 saturated carbocycles. The van der Waals surface area contributed by atoms with Crippen LogP contribution < -0.4 is 5.32 Å². The first-order valence-corrected chi connectivity index (χ1v) is 18.7. The number of pyridine rings is 1. The number of hydrogen-bond donors (Lipinski definition) is 1. The number of hydrogen-bond acceptors (Lipinski definition) is 2. The highest BCUT2D eigenvalue weighted by molar-refractivity contribution is 6.22. The molecule has 0 spiro atoms. The molecule has 0 radical (unpaired) electrons. The summed E-state index contributed by atoms with van der Waals surface area (Å²) >= 11 is 0. The van der Waals surface area contributed by atoms with E-state index in [1.54, 1.807) is 0 Å². The molecule has 0 bridgehead atoms. The predicted molar refractivity (Wildman–Crippen MR) is 228 cm³/mol. The molecular weight excluding hydrogens is 653 g/mol. The minimum Gasteiger partial charge on any atom is -0.379 e. The summed E-state index contributed by atoms with van der Waals surface area (Å²) in [5, 5.41) is 7.29. The van der Waals surface area contributed by atoms with Gasteiger partial charge in [-0.25, -0.2) is 4.98 Å². The maximum absolute atomic E-state index is 5.12. The van der Waals surface area contributed by atoms with E-state index < -0.39 is 0 Å². The number of nitrogens with one attached hydrogen (secondary N) is 1. The van der Waals surface area contributed by atoms with Crippen LogP contribution in [0.2, 0.25) is 0 Å². The second kappa shape index (κ2) is 12.3. The Morgan fingerprint density at radius 2 is 1.00 bits per heavy atom. The summed E-state index contributed by atoms with van der Waals surface area (Å²) in [7, 11) is 0. The quantitative estimate of drug-likeness (QED) is 0.195. The lowest BCUT2D eigenvalue weighted by Gasteiger charge is -2.21. The zero-order valence-electron chi connectivity index (χ0n) is 29.6. The van der Waals surface area contributed by atoms with Gasteiger partial charge in [0.15, 0.2) is 0 Å². The van der Waals surface area contributed by atoms with Crippen molar-refractivity contribution in [3.05, 3.63) is 188 Å². The van der Waals surface area contributed by atoms with Gasteiger partial charge in [-0.3, -0.25) is 0 Å². The lowest BCUT2D eigenvalue weighted by Crippen LogP contribution is -2.05. The van der Waals surface area contributed by atoms with Crippen molar-refractivity contribution in [1.29, 1.82) is 0 Å². The van der Waals surface area contributed by atoms with Gasteiger partial charge < -0.3 is 5.32 Å². The van der Waals surface area contributed by atoms with Crippen molar-refractivity contribution in [2.45, 2.75) is 0 Å². The Bertz CT molecular complexity index is 2940. The Balaban J connectivity index is 1.03. The van der Waals surface area contributed by atoms with E-state index in [9.17, 15) is 0 Å². The average Bonchev–Trinajstić information content (AvgIpc) is 3.59. The molecular formula is C52H34N2. The minimum absolute atomic E-state index is 0.824. The SMILES string of the molecule is C1=Cc2ccc3ccc(-c4ccc(-c5ccc(-c6cc(-c7ccccc7)c7c(c6-c6ccccc6)-c6cccc8cccc-7c68)cc5)cc4)nc3c2NC1. The molecule has 9 aromatic rings. The van der Waals surface area contributed by atoms with Gasteiger partial charge in [-0.05, 0) is 95.2 Å². The van der Waals surface area contributed by atoms with E-state index in [4.69, 9.17) is 4.98 Å². The van der Waals surface area contributed by atoms with Crippen molar-refractivity contribution in [3.63, 3.8) is 0 Å². The van der Waals surface area contributed by atoms with Crippen LogP contribution in [0.3, 0.4) is 0 Å². The maximum atomic E-state index is 5.12. The number of rotatable bonds is 5. The van der Waals surface area contributed by atoms with Crippen LogP contribution >= 0.6 is 0 Å². The number of aromatic nitrogens is 1. The maximum Gasteiger partial charge on any atom is 0.0947 e. The van der Waals surface area contributed by atoms with Crippen LogP contribution in [0.1, 0.15) is 5.56 Å². The van der Waals surface area contributed by atoms with Crippen LogP contribution in [0.4, 0.5) is 5.69 Å². The second-order valence-electron chi connectivity index (χ2n) is 14.3. The Morgan fingerprint density at radius 3 is 1.72 bits per heavy atom. The Morgan fingerprint density at radius 1 is 0.407 bits per heavy atom. The summed E-state index contributed by atoms with van der Waals surface area (Å²) in [6.07, 6.45) is 4.33. The summed E-state index contributed by atoms with van der Waals surface area (Å²) in [6.45, 7) is 0.824. The van der Waals surface area contributed by atoms with E-state index in [0.29, 0.717) is 0 Å². The Kier molecular flexibility index (Phi) is 6.96. The Labute approximate surface area is 314 Å². The van der Waals surface area contributed by atoms with Crippen molar-refractivity contribution in [1.82, 2.24) is 4.98 Å². The van der Waals surface area contributed by atoms with E-state index in [0.717, 1.165) is 34.4 Å². The van der Waals surface area contributed by atoms with Gasteiger partial charge in [-0.1, -0.05) is 176 Å². The summed E-state index contributed by atoms with van der Waals surface area (Å²) < 4.78 is 0. The third-order valence-corrected chi connectivity index (χ3v) is 11.2. The highest BCUT2D eigenvalue weighted by Crippen LogP contribution is 2.57. The molecule has 0 amide bonds. The first-order chi connectivity index (χ1) is 26.8. The summed E-state index contributed by atoms with van der Waals surface area (Å²) in [6, 6.07) is 64.3. The van der Waals surface area contributed by atoms with E-state index in [1.165, 1.54) is 83.1 Å². The molecule has 8 aromatic carbocycles. The summed E-state index contributed by atoms with van der Waals surface area (Å²) in [5.74, 6) is 0. The largest absolute Gasteiger partial charge is 0.379 e. The standard InChI is InChI=1S/C52H34N2/c1-3-10-35(11-4-1)45-32-44(48(39-12-5-2-6-13-39)50-43-18-8-15-38-14-7-17-42(47(38)43)49(45)50)36-23-19-33(20-24-36)34-21-25-37(26-22-34)46-30-29-41-28-27-40-16-9-31-53-51(40)52(41)54-46/h1-30,32,53H,31H2. The molecule has 0 fully saturated rings. The van der Waals surface area contributed by atoms with Crippen LogP contribution in [0.5, 0.6) is 0 Å². The lowest BCUT2D eigenvalue weighted by molar-refractivity contribution is 1.30. The second-order valence-corrected chi connectivity index (χ2v) is 14.3. The predicted octanol–water partition coefficient (Wildman–Crippen LogP) is 13.8. The van der Waals surface area contributed by atoms with E-state index in [2.05, 4.69) is 193 Å². The van der Waals surface area contributed by atoms with Crippen LogP contribution in [-0.2, 0) is 0 Å². The van der Waals surface area contributed by atoms with Crippen molar-refractivity contribution in [3.8, 4) is 78.0 Å². The van der Waals surface area contributed by atoms with Crippen molar-refractivity contribution in [2.24, 2.45) is 0 Å². The third kappa shape index (κ3) is 4.84. The molecule has 1 aromatic heterocycles. The van der Waals surface area contributed by atoms with Crippen molar-refractivity contribution < 1.29 is 0 Å². The molecule has 54 heavy (non-hydrogen) atoms. The molecule has 1 aliphatic carbocycles. The highest BCUT2D eigenvalue weighted by Gasteiger charge is 2.30. The fraction of sp³-hybridized carbons (Fsp3) is 0.0192. The Hall–Kier alpha value is -7.03. The molecule has 0 saturated heterocycles. The number of benzene rings is 8. The normalized spacial score (nSPS) is 12.4. The molecule has 11 rings (SSSR count). The van der Waals surface area contributed by atoms with Gasteiger partial charge >= 0.3 is 0 Å². The van der Waals surface area contributed by atoms with Crippen molar-refractivity contribution >= 4 is 33.4 Å². The van der Waals surface area contributed by atoms with Gasteiger partial charge in [0.25, 0.3) is 0 Å². The van der Waals surface area contributed by atoms with E-state index in [1.807, 2.05) is 0 Å². The monoisotopic (exact) mass is 686 g/mol. The number of anilines is 1. The van der Waals surface area contributed by atoms with Crippen LogP contribution in [0, 0.1) is 0 Å². The molecule has 2 heteroatoms. The number of fused-ring (bicyclic) bond motifs is 6. The van der Waals surface area contributed by atoms with Crippen LogP contribution in [-0.4, -0.2) is 11.5 Å². The van der Waals surface area contributed by atoms with E-state index >= 15 is 0 Å². The molecule has 2 aliphatic rings. The van der Waals surface area contributed by atoms with Gasteiger partial charge in [0.05, 0.1) is 16.9 Å². The summed E-state index contributed by atoms with van der Waals surface area (Å²) in [4.78, 5) is 5.12. The molecule has 0 atom stereocenters. The zero-order chi connectivity index (χ0) is 35.6. The minimum atomic E-state index is 0.824. The smallest absolute Gasteiger partial charge is 0.0947 e. The first-order valence-electron chi connectivity index (χ1n) is 18.7. The lowest BCUT2D eigenvalue weighted by atomic mass is 9.82. The number of nitrogens with zero attached hydrogens (tertiary/aromatic N) is 1. The molecule has 0 unspecified atom stereocenters. The molecule has 2 heterocycles. The van der Waals surface area contributed by atoms with Crippen molar-refractivity contribution in [2.75, 3.05) is 11.9 Å².